The number of benzene rings is 2. The van der Waals surface area contributed by atoms with Crippen molar-refractivity contribution in [2.45, 2.75) is 24.9 Å². The molecule has 136 valence electrons. The van der Waals surface area contributed by atoms with Crippen LogP contribution in [0, 0.1) is 11.6 Å². The Hall–Kier alpha value is -2.84. The SMILES string of the molecule is O=C1NC(c2cccc(F)c2)NC(C(=O)NCc2ccc(F)cc2)C1O. The standard InChI is InChI=1S/C18H17F2N3O3/c19-12-6-4-10(5-7-12)9-21-17(25)14-15(24)18(26)23-16(22-14)11-2-1-3-13(20)8-11/h1-8,14-16,22,24H,9H2,(H,21,25)(H,23,26). The van der Waals surface area contributed by atoms with E-state index in [1.165, 1.54) is 42.5 Å². The molecule has 0 bridgehead atoms. The molecule has 4 N–H and O–H groups in total. The van der Waals surface area contributed by atoms with E-state index >= 15 is 0 Å². The fourth-order valence-corrected chi connectivity index (χ4v) is 2.68. The molecular formula is C18H17F2N3O3. The van der Waals surface area contributed by atoms with E-state index in [-0.39, 0.29) is 12.4 Å². The Morgan fingerprint density at radius 1 is 1.12 bits per heavy atom. The van der Waals surface area contributed by atoms with Crippen molar-refractivity contribution in [2.75, 3.05) is 0 Å². The topological polar surface area (TPSA) is 90.5 Å². The van der Waals surface area contributed by atoms with Crippen molar-refractivity contribution in [3.05, 3.63) is 71.3 Å². The first kappa shape index (κ1) is 18.0. The van der Waals surface area contributed by atoms with E-state index in [2.05, 4.69) is 16.0 Å². The highest BCUT2D eigenvalue weighted by Crippen LogP contribution is 2.17. The predicted octanol–water partition coefficient (Wildman–Crippen LogP) is 0.729. The normalized spacial score (nSPS) is 22.6. The molecule has 3 atom stereocenters. The Labute approximate surface area is 148 Å². The molecule has 1 fully saturated rings. The third kappa shape index (κ3) is 4.04. The highest BCUT2D eigenvalue weighted by atomic mass is 19.1. The second-order valence-corrected chi connectivity index (χ2v) is 5.93. The predicted molar refractivity (Wildman–Crippen MR) is 88.5 cm³/mol. The summed E-state index contributed by atoms with van der Waals surface area (Å²) in [5, 5.41) is 17.9. The van der Waals surface area contributed by atoms with Crippen LogP contribution in [0.3, 0.4) is 0 Å². The zero-order chi connectivity index (χ0) is 18.7. The summed E-state index contributed by atoms with van der Waals surface area (Å²) >= 11 is 0. The van der Waals surface area contributed by atoms with E-state index in [9.17, 15) is 23.5 Å². The fourth-order valence-electron chi connectivity index (χ4n) is 2.68. The zero-order valence-electron chi connectivity index (χ0n) is 13.6. The molecule has 1 aliphatic rings. The number of aliphatic hydroxyl groups excluding tert-OH is 1. The highest BCUT2D eigenvalue weighted by Gasteiger charge is 2.39. The van der Waals surface area contributed by atoms with Crippen LogP contribution in [0.1, 0.15) is 17.3 Å². The summed E-state index contributed by atoms with van der Waals surface area (Å²) < 4.78 is 26.3. The summed E-state index contributed by atoms with van der Waals surface area (Å²) in [6.07, 6.45) is -2.41. The first-order chi connectivity index (χ1) is 12.4. The number of hydrogen-bond acceptors (Lipinski definition) is 4. The van der Waals surface area contributed by atoms with Gasteiger partial charge in [-0.15, -0.1) is 0 Å². The van der Waals surface area contributed by atoms with Crippen LogP contribution in [0.5, 0.6) is 0 Å². The highest BCUT2D eigenvalue weighted by molar-refractivity contribution is 5.93. The minimum atomic E-state index is -1.59. The van der Waals surface area contributed by atoms with Crippen molar-refractivity contribution in [3.8, 4) is 0 Å². The lowest BCUT2D eigenvalue weighted by molar-refractivity contribution is -0.142. The minimum absolute atomic E-state index is 0.107. The number of halogens is 2. The van der Waals surface area contributed by atoms with Gasteiger partial charge in [0.15, 0.2) is 6.10 Å². The Morgan fingerprint density at radius 2 is 1.85 bits per heavy atom. The number of carbonyl (C=O) groups excluding carboxylic acids is 2. The van der Waals surface area contributed by atoms with Gasteiger partial charge < -0.3 is 15.7 Å². The molecule has 0 radical (unpaired) electrons. The third-order valence-corrected chi connectivity index (χ3v) is 4.06. The second kappa shape index (κ2) is 7.59. The van der Waals surface area contributed by atoms with Crippen molar-refractivity contribution in [3.63, 3.8) is 0 Å². The fraction of sp³-hybridized carbons (Fsp3) is 0.222. The summed E-state index contributed by atoms with van der Waals surface area (Å²) in [6.45, 7) is 0.107. The van der Waals surface area contributed by atoms with Crippen LogP contribution in [0.2, 0.25) is 0 Å². The molecule has 0 aromatic heterocycles. The Morgan fingerprint density at radius 3 is 2.54 bits per heavy atom. The summed E-state index contributed by atoms with van der Waals surface area (Å²) in [6, 6.07) is 9.91. The molecule has 2 amide bonds. The molecule has 8 heteroatoms. The van der Waals surface area contributed by atoms with Crippen LogP contribution in [0.15, 0.2) is 48.5 Å². The van der Waals surface area contributed by atoms with Gasteiger partial charge in [-0.1, -0.05) is 24.3 Å². The maximum Gasteiger partial charge on any atom is 0.252 e. The molecule has 3 rings (SSSR count). The smallest absolute Gasteiger partial charge is 0.252 e. The molecule has 0 saturated carbocycles. The van der Waals surface area contributed by atoms with Crippen molar-refractivity contribution >= 4 is 11.8 Å². The Bertz CT molecular complexity index is 814. The molecule has 0 spiro atoms. The van der Waals surface area contributed by atoms with Crippen LogP contribution in [0.25, 0.3) is 0 Å². The van der Waals surface area contributed by atoms with Crippen LogP contribution >= 0.6 is 0 Å². The number of hydrogen-bond donors (Lipinski definition) is 4. The first-order valence-electron chi connectivity index (χ1n) is 7.96. The lowest BCUT2D eigenvalue weighted by Crippen LogP contribution is -2.64. The van der Waals surface area contributed by atoms with E-state index in [1.807, 2.05) is 0 Å². The minimum Gasteiger partial charge on any atom is -0.381 e. The lowest BCUT2D eigenvalue weighted by atomic mass is 10.0. The zero-order valence-corrected chi connectivity index (χ0v) is 13.6. The number of rotatable bonds is 4. The van der Waals surface area contributed by atoms with E-state index in [0.717, 1.165) is 0 Å². The van der Waals surface area contributed by atoms with Gasteiger partial charge in [-0.3, -0.25) is 14.9 Å². The molecule has 1 saturated heterocycles. The van der Waals surface area contributed by atoms with Gasteiger partial charge in [0.25, 0.3) is 5.91 Å². The molecule has 1 aliphatic heterocycles. The number of nitrogens with one attached hydrogen (secondary N) is 3. The van der Waals surface area contributed by atoms with Gasteiger partial charge in [0.2, 0.25) is 5.91 Å². The number of aliphatic hydroxyl groups is 1. The van der Waals surface area contributed by atoms with Crippen molar-refractivity contribution < 1.29 is 23.5 Å². The average molecular weight is 361 g/mol. The second-order valence-electron chi connectivity index (χ2n) is 5.93. The molecule has 1 heterocycles. The van der Waals surface area contributed by atoms with E-state index in [1.54, 1.807) is 6.07 Å². The quantitative estimate of drug-likeness (QED) is 0.646. The van der Waals surface area contributed by atoms with Gasteiger partial charge in [0.1, 0.15) is 23.8 Å². The van der Waals surface area contributed by atoms with Crippen LogP contribution in [-0.2, 0) is 16.1 Å². The van der Waals surface area contributed by atoms with E-state index in [4.69, 9.17) is 0 Å². The van der Waals surface area contributed by atoms with Crippen LogP contribution < -0.4 is 16.0 Å². The maximum atomic E-state index is 13.4. The summed E-state index contributed by atoms with van der Waals surface area (Å²) in [4.78, 5) is 24.3. The summed E-state index contributed by atoms with van der Waals surface area (Å²) in [5.41, 5.74) is 1.08. The molecule has 6 nitrogen and oxygen atoms in total. The number of carbonyl (C=O) groups is 2. The van der Waals surface area contributed by atoms with E-state index < -0.39 is 35.9 Å². The van der Waals surface area contributed by atoms with Crippen molar-refractivity contribution in [1.82, 2.24) is 16.0 Å². The lowest BCUT2D eigenvalue weighted by Gasteiger charge is -2.34. The van der Waals surface area contributed by atoms with E-state index in [0.29, 0.717) is 11.1 Å². The van der Waals surface area contributed by atoms with Gasteiger partial charge >= 0.3 is 0 Å². The van der Waals surface area contributed by atoms with Gasteiger partial charge in [0, 0.05) is 6.54 Å². The van der Waals surface area contributed by atoms with Gasteiger partial charge in [-0.25, -0.2) is 8.78 Å². The first-order valence-corrected chi connectivity index (χ1v) is 7.96. The molecular weight excluding hydrogens is 344 g/mol. The van der Waals surface area contributed by atoms with Crippen LogP contribution in [0.4, 0.5) is 8.78 Å². The van der Waals surface area contributed by atoms with Crippen molar-refractivity contribution in [1.29, 1.82) is 0 Å². The molecule has 3 unspecified atom stereocenters. The largest absolute Gasteiger partial charge is 0.381 e. The monoisotopic (exact) mass is 361 g/mol. The van der Waals surface area contributed by atoms with Crippen molar-refractivity contribution in [2.24, 2.45) is 0 Å². The molecule has 26 heavy (non-hydrogen) atoms. The number of amides is 2. The molecule has 2 aromatic carbocycles. The van der Waals surface area contributed by atoms with Crippen LogP contribution in [-0.4, -0.2) is 29.1 Å². The molecule has 2 aromatic rings. The van der Waals surface area contributed by atoms with Gasteiger partial charge in [-0.2, -0.15) is 0 Å². The Balaban J connectivity index is 1.69. The molecule has 0 aliphatic carbocycles. The summed E-state index contributed by atoms with van der Waals surface area (Å²) in [7, 11) is 0. The average Bonchev–Trinajstić information content (AvgIpc) is 2.63. The third-order valence-electron chi connectivity index (χ3n) is 4.06. The summed E-state index contributed by atoms with van der Waals surface area (Å²) in [5.74, 6) is -2.21. The Kier molecular flexibility index (Phi) is 5.24. The van der Waals surface area contributed by atoms with Gasteiger partial charge in [0.05, 0.1) is 0 Å². The maximum absolute atomic E-state index is 13.4. The van der Waals surface area contributed by atoms with Gasteiger partial charge in [-0.05, 0) is 35.4 Å².